The van der Waals surface area contributed by atoms with Crippen molar-refractivity contribution in [2.24, 2.45) is 0 Å². The molecule has 2 aromatic rings. The Morgan fingerprint density at radius 1 is 1.05 bits per heavy atom. The highest BCUT2D eigenvalue weighted by Gasteiger charge is 2.02. The van der Waals surface area contributed by atoms with Gasteiger partial charge in [-0.05, 0) is 54.2 Å². The SMILES string of the molecule is O=C(/C=C/c1ccc(Cl)cc1)NC(=S)Nc1cccc(Cl)c1. The summed E-state index contributed by atoms with van der Waals surface area (Å²) in [6.45, 7) is 0. The molecule has 2 rings (SSSR count). The number of benzene rings is 2. The van der Waals surface area contributed by atoms with Crippen molar-refractivity contribution in [3.05, 3.63) is 70.2 Å². The van der Waals surface area contributed by atoms with Crippen LogP contribution in [0.15, 0.2) is 54.6 Å². The van der Waals surface area contributed by atoms with Gasteiger partial charge in [-0.2, -0.15) is 0 Å². The molecule has 0 atom stereocenters. The second-order valence-corrected chi connectivity index (χ2v) is 5.62. The number of amides is 1. The van der Waals surface area contributed by atoms with Gasteiger partial charge in [-0.25, -0.2) is 0 Å². The van der Waals surface area contributed by atoms with E-state index in [4.69, 9.17) is 35.4 Å². The van der Waals surface area contributed by atoms with E-state index in [1.165, 1.54) is 6.08 Å². The lowest BCUT2D eigenvalue weighted by atomic mass is 10.2. The molecule has 0 radical (unpaired) electrons. The van der Waals surface area contributed by atoms with Crippen LogP contribution in [0.5, 0.6) is 0 Å². The molecule has 0 heterocycles. The Hall–Kier alpha value is -1.88. The van der Waals surface area contributed by atoms with E-state index in [0.29, 0.717) is 15.7 Å². The van der Waals surface area contributed by atoms with Crippen molar-refractivity contribution >= 4 is 58.2 Å². The van der Waals surface area contributed by atoms with E-state index in [2.05, 4.69) is 10.6 Å². The Morgan fingerprint density at radius 2 is 1.77 bits per heavy atom. The predicted molar refractivity (Wildman–Crippen MR) is 96.3 cm³/mol. The molecule has 0 bridgehead atoms. The lowest BCUT2D eigenvalue weighted by Gasteiger charge is -2.08. The second-order valence-electron chi connectivity index (χ2n) is 4.34. The maximum Gasteiger partial charge on any atom is 0.250 e. The average molecular weight is 351 g/mol. The second kappa shape index (κ2) is 7.94. The minimum Gasteiger partial charge on any atom is -0.332 e. The summed E-state index contributed by atoms with van der Waals surface area (Å²) in [5.41, 5.74) is 1.58. The summed E-state index contributed by atoms with van der Waals surface area (Å²) in [4.78, 5) is 11.8. The smallest absolute Gasteiger partial charge is 0.250 e. The van der Waals surface area contributed by atoms with E-state index in [-0.39, 0.29) is 11.0 Å². The fourth-order valence-electron chi connectivity index (χ4n) is 1.63. The van der Waals surface area contributed by atoms with Crippen molar-refractivity contribution in [2.75, 3.05) is 5.32 Å². The van der Waals surface area contributed by atoms with E-state index in [1.807, 2.05) is 12.1 Å². The van der Waals surface area contributed by atoms with E-state index >= 15 is 0 Å². The van der Waals surface area contributed by atoms with Gasteiger partial charge in [0.25, 0.3) is 0 Å². The van der Waals surface area contributed by atoms with Crippen molar-refractivity contribution in [3.63, 3.8) is 0 Å². The van der Waals surface area contributed by atoms with Gasteiger partial charge >= 0.3 is 0 Å². The minimum absolute atomic E-state index is 0.202. The third kappa shape index (κ3) is 5.48. The van der Waals surface area contributed by atoms with Crippen LogP contribution in [0.1, 0.15) is 5.56 Å². The lowest BCUT2D eigenvalue weighted by molar-refractivity contribution is -0.115. The summed E-state index contributed by atoms with van der Waals surface area (Å²) < 4.78 is 0. The van der Waals surface area contributed by atoms with Crippen molar-refractivity contribution < 1.29 is 4.79 Å². The number of thiocarbonyl (C=S) groups is 1. The number of halogens is 2. The Balaban J connectivity index is 1.88. The number of anilines is 1. The van der Waals surface area contributed by atoms with Crippen molar-refractivity contribution in [1.82, 2.24) is 5.32 Å². The number of carbonyl (C=O) groups is 1. The molecule has 0 saturated heterocycles. The van der Waals surface area contributed by atoms with Crippen LogP contribution in [0.4, 0.5) is 5.69 Å². The molecule has 22 heavy (non-hydrogen) atoms. The fourth-order valence-corrected chi connectivity index (χ4v) is 2.16. The molecule has 0 fully saturated rings. The predicted octanol–water partition coefficient (Wildman–Crippen LogP) is 4.52. The Labute approximate surface area is 143 Å². The fraction of sp³-hybridized carbons (Fsp3) is 0. The number of hydrogen-bond donors (Lipinski definition) is 2. The maximum absolute atomic E-state index is 11.8. The van der Waals surface area contributed by atoms with E-state index in [9.17, 15) is 4.79 Å². The topological polar surface area (TPSA) is 41.1 Å². The highest BCUT2D eigenvalue weighted by molar-refractivity contribution is 7.80. The molecule has 0 aliphatic carbocycles. The zero-order chi connectivity index (χ0) is 15.9. The van der Waals surface area contributed by atoms with Gasteiger partial charge < -0.3 is 5.32 Å². The van der Waals surface area contributed by atoms with Gasteiger partial charge in [0.1, 0.15) is 0 Å². The van der Waals surface area contributed by atoms with Crippen LogP contribution >= 0.6 is 35.4 Å². The third-order valence-corrected chi connectivity index (χ3v) is 3.31. The molecular weight excluding hydrogens is 339 g/mol. The standard InChI is InChI=1S/C16H12Cl2N2OS/c17-12-7-4-11(5-8-12)6-9-15(21)20-16(22)19-14-3-1-2-13(18)10-14/h1-10H,(H2,19,20,21,22)/b9-6+. The van der Waals surface area contributed by atoms with E-state index < -0.39 is 0 Å². The van der Waals surface area contributed by atoms with Gasteiger partial charge in [0.15, 0.2) is 5.11 Å². The van der Waals surface area contributed by atoms with E-state index in [1.54, 1.807) is 42.5 Å². The molecular formula is C16H12Cl2N2OS. The molecule has 112 valence electrons. The summed E-state index contributed by atoms with van der Waals surface area (Å²) in [5, 5.41) is 6.87. The first-order chi connectivity index (χ1) is 10.5. The van der Waals surface area contributed by atoms with Crippen molar-refractivity contribution in [1.29, 1.82) is 0 Å². The Bertz CT molecular complexity index is 714. The molecule has 3 nitrogen and oxygen atoms in total. The van der Waals surface area contributed by atoms with Gasteiger partial charge in [-0.3, -0.25) is 10.1 Å². The molecule has 2 aromatic carbocycles. The summed E-state index contributed by atoms with van der Waals surface area (Å²) in [7, 11) is 0. The molecule has 2 N–H and O–H groups in total. The highest BCUT2D eigenvalue weighted by atomic mass is 35.5. The lowest BCUT2D eigenvalue weighted by Crippen LogP contribution is -2.32. The monoisotopic (exact) mass is 350 g/mol. The zero-order valence-corrected chi connectivity index (χ0v) is 13.7. The van der Waals surface area contributed by atoms with Gasteiger partial charge in [0, 0.05) is 21.8 Å². The first-order valence-electron chi connectivity index (χ1n) is 6.34. The number of hydrogen-bond acceptors (Lipinski definition) is 2. The van der Waals surface area contributed by atoms with Crippen LogP contribution in [-0.4, -0.2) is 11.0 Å². The first-order valence-corrected chi connectivity index (χ1v) is 7.50. The zero-order valence-electron chi connectivity index (χ0n) is 11.3. The van der Waals surface area contributed by atoms with Gasteiger partial charge in [-0.1, -0.05) is 41.4 Å². The van der Waals surface area contributed by atoms with Gasteiger partial charge in [0.05, 0.1) is 0 Å². The quantitative estimate of drug-likeness (QED) is 0.631. The largest absolute Gasteiger partial charge is 0.332 e. The molecule has 0 aliphatic heterocycles. The third-order valence-electron chi connectivity index (χ3n) is 2.62. The van der Waals surface area contributed by atoms with Crippen molar-refractivity contribution in [2.45, 2.75) is 0 Å². The normalized spacial score (nSPS) is 10.5. The van der Waals surface area contributed by atoms with Gasteiger partial charge in [-0.15, -0.1) is 0 Å². The summed E-state index contributed by atoms with van der Waals surface area (Å²) >= 11 is 16.7. The number of nitrogens with one attached hydrogen (secondary N) is 2. The molecule has 0 unspecified atom stereocenters. The Kier molecular flexibility index (Phi) is 5.95. The number of carbonyl (C=O) groups excluding carboxylic acids is 1. The molecule has 1 amide bonds. The molecule has 0 aromatic heterocycles. The summed E-state index contributed by atoms with van der Waals surface area (Å²) in [6, 6.07) is 14.2. The molecule has 0 spiro atoms. The van der Waals surface area contributed by atoms with Crippen LogP contribution in [0.2, 0.25) is 10.0 Å². The van der Waals surface area contributed by atoms with Crippen LogP contribution in [-0.2, 0) is 4.79 Å². The number of rotatable bonds is 3. The molecule has 6 heteroatoms. The van der Waals surface area contributed by atoms with Crippen molar-refractivity contribution in [3.8, 4) is 0 Å². The van der Waals surface area contributed by atoms with Crippen LogP contribution < -0.4 is 10.6 Å². The molecule has 0 saturated carbocycles. The van der Waals surface area contributed by atoms with Crippen LogP contribution in [0.25, 0.3) is 6.08 Å². The van der Waals surface area contributed by atoms with Crippen LogP contribution in [0, 0.1) is 0 Å². The Morgan fingerprint density at radius 3 is 2.45 bits per heavy atom. The summed E-state index contributed by atoms with van der Waals surface area (Å²) in [6.07, 6.45) is 3.07. The summed E-state index contributed by atoms with van der Waals surface area (Å²) in [5.74, 6) is -0.325. The average Bonchev–Trinajstić information content (AvgIpc) is 2.46. The maximum atomic E-state index is 11.8. The van der Waals surface area contributed by atoms with Gasteiger partial charge in [0.2, 0.25) is 5.91 Å². The van der Waals surface area contributed by atoms with E-state index in [0.717, 1.165) is 5.56 Å². The first kappa shape index (κ1) is 16.5. The molecule has 0 aliphatic rings. The highest BCUT2D eigenvalue weighted by Crippen LogP contribution is 2.14. The van der Waals surface area contributed by atoms with Crippen LogP contribution in [0.3, 0.4) is 0 Å². The minimum atomic E-state index is -0.325.